The summed E-state index contributed by atoms with van der Waals surface area (Å²) < 4.78 is 37.8. The van der Waals surface area contributed by atoms with E-state index in [9.17, 15) is 13.2 Å². The molecular formula is C22H18N4O5S. The predicted molar refractivity (Wildman–Crippen MR) is 115 cm³/mol. The second-order valence-corrected chi connectivity index (χ2v) is 8.57. The molecule has 2 aromatic carbocycles. The van der Waals surface area contributed by atoms with Gasteiger partial charge >= 0.3 is 5.97 Å². The monoisotopic (exact) mass is 450 g/mol. The maximum absolute atomic E-state index is 13.2. The van der Waals surface area contributed by atoms with Crippen LogP contribution in [0.2, 0.25) is 0 Å². The first kappa shape index (κ1) is 21.2. The van der Waals surface area contributed by atoms with E-state index in [4.69, 9.17) is 9.26 Å². The van der Waals surface area contributed by atoms with Crippen LogP contribution in [0.25, 0.3) is 11.4 Å². The highest BCUT2D eigenvalue weighted by atomic mass is 32.2. The van der Waals surface area contributed by atoms with Crippen molar-refractivity contribution in [2.45, 2.75) is 11.5 Å². The first-order chi connectivity index (χ1) is 15.5. The number of carbonyl (C=O) groups excluding carboxylic acids is 1. The molecule has 162 valence electrons. The molecule has 0 spiro atoms. The van der Waals surface area contributed by atoms with Crippen molar-refractivity contribution in [1.29, 1.82) is 0 Å². The molecule has 9 nitrogen and oxygen atoms in total. The Morgan fingerprint density at radius 2 is 1.78 bits per heavy atom. The van der Waals surface area contributed by atoms with E-state index in [1.807, 2.05) is 0 Å². The van der Waals surface area contributed by atoms with Crippen molar-refractivity contribution in [3.05, 3.63) is 90.6 Å². The molecule has 0 amide bonds. The first-order valence-corrected chi connectivity index (χ1v) is 10.9. The fraction of sp³-hybridized carbons (Fsp3) is 0.0909. The fourth-order valence-electron chi connectivity index (χ4n) is 2.92. The van der Waals surface area contributed by atoms with Crippen LogP contribution >= 0.6 is 0 Å². The van der Waals surface area contributed by atoms with Gasteiger partial charge in [-0.05, 0) is 36.4 Å². The highest BCUT2D eigenvalue weighted by Crippen LogP contribution is 2.25. The summed E-state index contributed by atoms with van der Waals surface area (Å²) in [7, 11) is -2.59. The number of benzene rings is 2. The lowest BCUT2D eigenvalue weighted by atomic mass is 10.2. The van der Waals surface area contributed by atoms with Gasteiger partial charge < -0.3 is 9.26 Å². The van der Waals surface area contributed by atoms with Crippen molar-refractivity contribution < 1.29 is 22.5 Å². The van der Waals surface area contributed by atoms with Crippen molar-refractivity contribution in [2.24, 2.45) is 0 Å². The second kappa shape index (κ2) is 8.98. The van der Waals surface area contributed by atoms with Crippen LogP contribution < -0.4 is 4.31 Å². The van der Waals surface area contributed by atoms with Crippen molar-refractivity contribution >= 4 is 21.7 Å². The minimum Gasteiger partial charge on any atom is -0.452 e. The van der Waals surface area contributed by atoms with Crippen LogP contribution in [0.4, 0.5) is 5.69 Å². The summed E-state index contributed by atoms with van der Waals surface area (Å²) in [4.78, 5) is 20.7. The van der Waals surface area contributed by atoms with Crippen LogP contribution in [0.3, 0.4) is 0 Å². The average Bonchev–Trinajstić information content (AvgIpc) is 3.32. The molecule has 0 saturated heterocycles. The topological polar surface area (TPSA) is 115 Å². The molecule has 32 heavy (non-hydrogen) atoms. The molecule has 0 unspecified atom stereocenters. The normalized spacial score (nSPS) is 11.2. The van der Waals surface area contributed by atoms with Gasteiger partial charge in [0.1, 0.15) is 4.90 Å². The van der Waals surface area contributed by atoms with E-state index in [0.717, 1.165) is 4.31 Å². The molecule has 0 N–H and O–H groups in total. The van der Waals surface area contributed by atoms with Crippen LogP contribution in [0.1, 0.15) is 16.2 Å². The molecule has 0 saturated carbocycles. The molecule has 0 aliphatic carbocycles. The number of aromatic nitrogens is 3. The summed E-state index contributed by atoms with van der Waals surface area (Å²) in [5.74, 6) is -0.456. The van der Waals surface area contributed by atoms with Crippen LogP contribution in [-0.2, 0) is 21.4 Å². The van der Waals surface area contributed by atoms with Gasteiger partial charge in [0.15, 0.2) is 6.61 Å². The van der Waals surface area contributed by atoms with E-state index >= 15 is 0 Å². The average molecular weight is 450 g/mol. The lowest BCUT2D eigenvalue weighted by molar-refractivity contribution is 0.0425. The number of esters is 1. The Hall–Kier alpha value is -4.05. The number of para-hydroxylation sites is 1. The van der Waals surface area contributed by atoms with Gasteiger partial charge in [0.05, 0.1) is 11.3 Å². The Morgan fingerprint density at radius 1 is 1.03 bits per heavy atom. The summed E-state index contributed by atoms with van der Waals surface area (Å²) in [6.07, 6.45) is 3.19. The highest BCUT2D eigenvalue weighted by Gasteiger charge is 2.27. The van der Waals surface area contributed by atoms with Crippen molar-refractivity contribution in [3.8, 4) is 11.4 Å². The molecule has 10 heteroatoms. The molecule has 0 bridgehead atoms. The molecule has 4 aromatic rings. The molecule has 0 fully saturated rings. The third kappa shape index (κ3) is 4.35. The molecule has 2 heterocycles. The summed E-state index contributed by atoms with van der Waals surface area (Å²) in [6, 6.07) is 17.9. The lowest BCUT2D eigenvalue weighted by Crippen LogP contribution is -2.28. The summed E-state index contributed by atoms with van der Waals surface area (Å²) in [5.41, 5.74) is 1.01. The van der Waals surface area contributed by atoms with E-state index in [2.05, 4.69) is 15.1 Å². The summed E-state index contributed by atoms with van der Waals surface area (Å²) in [5, 5.41) is 3.83. The Labute approximate surface area is 184 Å². The summed E-state index contributed by atoms with van der Waals surface area (Å²) >= 11 is 0. The quantitative estimate of drug-likeness (QED) is 0.394. The number of rotatable bonds is 7. The van der Waals surface area contributed by atoms with E-state index in [1.165, 1.54) is 19.2 Å². The number of anilines is 1. The number of pyridine rings is 1. The second-order valence-electron chi connectivity index (χ2n) is 6.63. The largest absolute Gasteiger partial charge is 0.452 e. The molecule has 0 atom stereocenters. The van der Waals surface area contributed by atoms with Gasteiger partial charge in [-0.25, -0.2) is 13.2 Å². The van der Waals surface area contributed by atoms with Gasteiger partial charge in [0.2, 0.25) is 5.82 Å². The maximum atomic E-state index is 13.2. The van der Waals surface area contributed by atoms with Gasteiger partial charge in [0.25, 0.3) is 15.9 Å². The highest BCUT2D eigenvalue weighted by molar-refractivity contribution is 7.92. The van der Waals surface area contributed by atoms with E-state index in [1.54, 1.807) is 67.0 Å². The summed E-state index contributed by atoms with van der Waals surface area (Å²) in [6.45, 7) is -0.311. The van der Waals surface area contributed by atoms with Crippen LogP contribution in [0.5, 0.6) is 0 Å². The Kier molecular flexibility index (Phi) is 5.95. The van der Waals surface area contributed by atoms with E-state index in [-0.39, 0.29) is 23.0 Å². The minimum atomic E-state index is -4.01. The molecule has 4 rings (SSSR count). The molecular weight excluding hydrogens is 432 g/mol. The van der Waals surface area contributed by atoms with Crippen molar-refractivity contribution in [2.75, 3.05) is 11.4 Å². The zero-order valence-corrected chi connectivity index (χ0v) is 17.8. The zero-order valence-electron chi connectivity index (χ0n) is 17.0. The number of ether oxygens (including phenoxy) is 1. The van der Waals surface area contributed by atoms with E-state index in [0.29, 0.717) is 17.1 Å². The predicted octanol–water partition coefficient (Wildman–Crippen LogP) is 3.31. The number of carbonyl (C=O) groups is 1. The van der Waals surface area contributed by atoms with Crippen LogP contribution in [0.15, 0.2) is 88.5 Å². The van der Waals surface area contributed by atoms with Crippen molar-refractivity contribution in [1.82, 2.24) is 15.1 Å². The maximum Gasteiger partial charge on any atom is 0.340 e. The molecule has 0 aliphatic heterocycles. The Bertz CT molecular complexity index is 1320. The van der Waals surface area contributed by atoms with Gasteiger partial charge in [-0.3, -0.25) is 9.29 Å². The van der Waals surface area contributed by atoms with Crippen LogP contribution in [-0.4, -0.2) is 36.6 Å². The molecule has 2 aromatic heterocycles. The van der Waals surface area contributed by atoms with Gasteiger partial charge in [-0.1, -0.05) is 35.5 Å². The van der Waals surface area contributed by atoms with Crippen LogP contribution in [0, 0.1) is 0 Å². The third-order valence-electron chi connectivity index (χ3n) is 4.58. The number of hydrogen-bond donors (Lipinski definition) is 0. The molecule has 0 aliphatic rings. The third-order valence-corrected chi connectivity index (χ3v) is 6.42. The van der Waals surface area contributed by atoms with E-state index < -0.39 is 16.0 Å². The first-order valence-electron chi connectivity index (χ1n) is 9.50. The number of hydrogen-bond acceptors (Lipinski definition) is 8. The lowest BCUT2D eigenvalue weighted by Gasteiger charge is -2.20. The fourth-order valence-corrected chi connectivity index (χ4v) is 4.29. The number of nitrogens with zero attached hydrogens (tertiary/aromatic N) is 4. The smallest absolute Gasteiger partial charge is 0.340 e. The van der Waals surface area contributed by atoms with Gasteiger partial charge in [0, 0.05) is 25.0 Å². The van der Waals surface area contributed by atoms with Gasteiger partial charge in [-0.2, -0.15) is 4.98 Å². The Balaban J connectivity index is 1.53. The zero-order chi connectivity index (χ0) is 22.6. The Morgan fingerprint density at radius 3 is 2.53 bits per heavy atom. The minimum absolute atomic E-state index is 0.0685. The standard InChI is InChI=1S/C22H18N4O5S/c1-26(17-9-3-2-4-10-17)32(28,29)19-12-6-5-11-18(19)22(27)30-15-20-24-21(25-31-20)16-8-7-13-23-14-16/h2-14H,15H2,1H3. The van der Waals surface area contributed by atoms with Gasteiger partial charge in [-0.15, -0.1) is 0 Å². The number of sulfonamides is 1. The molecule has 0 radical (unpaired) electrons. The van der Waals surface area contributed by atoms with Crippen molar-refractivity contribution in [3.63, 3.8) is 0 Å². The SMILES string of the molecule is CN(c1ccccc1)S(=O)(=O)c1ccccc1C(=O)OCc1nc(-c2cccnc2)no1.